The van der Waals surface area contributed by atoms with Gasteiger partial charge in [0, 0.05) is 36.0 Å². The van der Waals surface area contributed by atoms with Crippen LogP contribution in [0.5, 0.6) is 0 Å². The van der Waals surface area contributed by atoms with Gasteiger partial charge in [-0.1, -0.05) is 40.0 Å². The van der Waals surface area contributed by atoms with Crippen LogP contribution in [0.25, 0.3) is 0 Å². The second kappa shape index (κ2) is 10.1. The molecule has 3 aliphatic carbocycles. The summed E-state index contributed by atoms with van der Waals surface area (Å²) < 4.78 is 0. The fourth-order valence-corrected chi connectivity index (χ4v) is 7.03. The lowest BCUT2D eigenvalue weighted by molar-refractivity contribution is -0.142. The van der Waals surface area contributed by atoms with Gasteiger partial charge in [-0.3, -0.25) is 14.6 Å². The second-order valence-electron chi connectivity index (χ2n) is 11.2. The molecule has 33 heavy (non-hydrogen) atoms. The molecule has 0 saturated heterocycles. The zero-order valence-electron chi connectivity index (χ0n) is 20.4. The Hall–Kier alpha value is -1.95. The monoisotopic (exact) mass is 455 g/mol. The summed E-state index contributed by atoms with van der Waals surface area (Å²) in [6.45, 7) is 6.45. The number of aliphatic hydroxyl groups excluding tert-OH is 1. The highest BCUT2D eigenvalue weighted by molar-refractivity contribution is 5.94. The van der Waals surface area contributed by atoms with Gasteiger partial charge in [-0.15, -0.1) is 0 Å². The van der Waals surface area contributed by atoms with Crippen molar-refractivity contribution in [2.75, 3.05) is 0 Å². The molecule has 0 spiro atoms. The highest BCUT2D eigenvalue weighted by atomic mass is 16.3. The van der Waals surface area contributed by atoms with Crippen molar-refractivity contribution in [3.63, 3.8) is 0 Å². The lowest BCUT2D eigenvalue weighted by Crippen LogP contribution is -2.58. The average molecular weight is 456 g/mol. The Labute approximate surface area is 198 Å². The van der Waals surface area contributed by atoms with E-state index in [1.165, 1.54) is 19.3 Å². The van der Waals surface area contributed by atoms with Crippen molar-refractivity contribution in [1.82, 2.24) is 15.6 Å². The molecule has 0 aromatic carbocycles. The first kappa shape index (κ1) is 24.2. The van der Waals surface area contributed by atoms with E-state index in [0.29, 0.717) is 11.6 Å². The third kappa shape index (κ3) is 5.11. The normalized spacial score (nSPS) is 35.8. The fourth-order valence-electron chi connectivity index (χ4n) is 7.03. The molecule has 1 heterocycles. The molecule has 6 nitrogen and oxygen atoms in total. The number of aliphatic hydroxyl groups is 1. The van der Waals surface area contributed by atoms with Gasteiger partial charge in [0.1, 0.15) is 0 Å². The van der Waals surface area contributed by atoms with E-state index in [-0.39, 0.29) is 46.9 Å². The SMILES string of the molecule is C[C@H]1[C@@H]2[C@@H](O)[C@@H]([C@H](C)C(=O)NC3CCCCC3)CC[C@@]2(C)CC[C@@H]1NC(=O)c1ccncc1. The number of hydrogen-bond donors (Lipinski definition) is 3. The molecule has 182 valence electrons. The van der Waals surface area contributed by atoms with Crippen LogP contribution in [-0.4, -0.2) is 40.1 Å². The molecule has 0 radical (unpaired) electrons. The van der Waals surface area contributed by atoms with Gasteiger partial charge in [0.15, 0.2) is 0 Å². The number of carbonyl (C=O) groups excluding carboxylic acids is 2. The number of nitrogens with one attached hydrogen (secondary N) is 2. The zero-order chi connectivity index (χ0) is 23.6. The lowest BCUT2D eigenvalue weighted by atomic mass is 9.51. The van der Waals surface area contributed by atoms with Gasteiger partial charge >= 0.3 is 0 Å². The van der Waals surface area contributed by atoms with Crippen molar-refractivity contribution in [3.8, 4) is 0 Å². The van der Waals surface area contributed by atoms with Crippen LogP contribution in [0, 0.1) is 29.1 Å². The van der Waals surface area contributed by atoms with Crippen LogP contribution < -0.4 is 10.6 Å². The molecule has 1 aromatic heterocycles. The van der Waals surface area contributed by atoms with E-state index in [0.717, 1.165) is 38.5 Å². The van der Waals surface area contributed by atoms with Crippen LogP contribution in [0.1, 0.15) is 88.9 Å². The van der Waals surface area contributed by atoms with Crippen molar-refractivity contribution in [3.05, 3.63) is 30.1 Å². The fraction of sp³-hybridized carbons (Fsp3) is 0.741. The molecule has 0 aliphatic heterocycles. The maximum atomic E-state index is 13.1. The van der Waals surface area contributed by atoms with Gasteiger partial charge in [-0.2, -0.15) is 0 Å². The highest BCUT2D eigenvalue weighted by Crippen LogP contribution is 2.55. The molecule has 1 aromatic rings. The van der Waals surface area contributed by atoms with Gasteiger partial charge in [-0.25, -0.2) is 0 Å². The number of fused-ring (bicyclic) bond motifs is 1. The molecule has 0 unspecified atom stereocenters. The highest BCUT2D eigenvalue weighted by Gasteiger charge is 2.54. The molecule has 2 amide bonds. The first-order chi connectivity index (χ1) is 15.8. The summed E-state index contributed by atoms with van der Waals surface area (Å²) in [5.74, 6) is -0.0201. The minimum Gasteiger partial charge on any atom is -0.392 e. The number of rotatable bonds is 5. The first-order valence-electron chi connectivity index (χ1n) is 13.0. The van der Waals surface area contributed by atoms with Crippen LogP contribution in [0.2, 0.25) is 0 Å². The van der Waals surface area contributed by atoms with Crippen LogP contribution in [0.3, 0.4) is 0 Å². The first-order valence-corrected chi connectivity index (χ1v) is 13.0. The molecule has 3 fully saturated rings. The van der Waals surface area contributed by atoms with E-state index in [1.807, 2.05) is 6.92 Å². The Morgan fingerprint density at radius 1 is 1.06 bits per heavy atom. The standard InChI is InChI=1S/C27H41N3O3/c1-17(25(32)29-20-7-5-4-6-8-20)21-9-13-27(3)14-10-22(18(2)23(27)24(21)31)30-26(33)19-11-15-28-16-12-19/h11-12,15-18,20-24,31H,4-10,13-14H2,1-3H3,(H,29,32)(H,30,33)/t17-,18+,21+,22-,23+,24-,27-/m0/s1. The van der Waals surface area contributed by atoms with Crippen molar-refractivity contribution >= 4 is 11.8 Å². The predicted molar refractivity (Wildman–Crippen MR) is 128 cm³/mol. The Balaban J connectivity index is 1.43. The smallest absolute Gasteiger partial charge is 0.251 e. The average Bonchev–Trinajstić information content (AvgIpc) is 2.82. The van der Waals surface area contributed by atoms with Crippen LogP contribution in [0.15, 0.2) is 24.5 Å². The van der Waals surface area contributed by atoms with Crippen LogP contribution in [-0.2, 0) is 4.79 Å². The number of hydrogen-bond acceptors (Lipinski definition) is 4. The summed E-state index contributed by atoms with van der Waals surface area (Å²) in [6, 6.07) is 3.76. The Bertz CT molecular complexity index is 825. The Morgan fingerprint density at radius 3 is 2.42 bits per heavy atom. The number of aromatic nitrogens is 1. The molecule has 3 N–H and O–H groups in total. The second-order valence-corrected chi connectivity index (χ2v) is 11.2. The predicted octanol–water partition coefficient (Wildman–Crippen LogP) is 4.09. The molecule has 7 atom stereocenters. The van der Waals surface area contributed by atoms with Gasteiger partial charge in [-0.05, 0) is 73.8 Å². The van der Waals surface area contributed by atoms with E-state index >= 15 is 0 Å². The summed E-state index contributed by atoms with van der Waals surface area (Å²) >= 11 is 0. The van der Waals surface area contributed by atoms with E-state index in [1.54, 1.807) is 24.5 Å². The van der Waals surface area contributed by atoms with Crippen molar-refractivity contribution in [2.45, 2.75) is 96.7 Å². The quantitative estimate of drug-likeness (QED) is 0.624. The maximum Gasteiger partial charge on any atom is 0.251 e. The van der Waals surface area contributed by atoms with Crippen molar-refractivity contribution in [1.29, 1.82) is 0 Å². The summed E-state index contributed by atoms with van der Waals surface area (Å²) in [5, 5.41) is 18.1. The maximum absolute atomic E-state index is 13.1. The number of pyridine rings is 1. The summed E-state index contributed by atoms with van der Waals surface area (Å²) in [5.41, 5.74) is 0.660. The minimum atomic E-state index is -0.536. The summed E-state index contributed by atoms with van der Waals surface area (Å²) in [6.07, 6.45) is 12.3. The number of amides is 2. The Kier molecular flexibility index (Phi) is 7.42. The molecule has 3 saturated carbocycles. The summed E-state index contributed by atoms with van der Waals surface area (Å²) in [4.78, 5) is 29.8. The molecule has 4 rings (SSSR count). The minimum absolute atomic E-state index is 0.0171. The van der Waals surface area contributed by atoms with Crippen molar-refractivity contribution in [2.24, 2.45) is 29.1 Å². The molecular weight excluding hydrogens is 414 g/mol. The number of carbonyl (C=O) groups is 2. The van der Waals surface area contributed by atoms with Gasteiger partial charge in [0.25, 0.3) is 5.91 Å². The molecule has 6 heteroatoms. The zero-order valence-corrected chi connectivity index (χ0v) is 20.4. The van der Waals surface area contributed by atoms with E-state index < -0.39 is 6.10 Å². The lowest BCUT2D eigenvalue weighted by Gasteiger charge is -2.56. The topological polar surface area (TPSA) is 91.3 Å². The largest absolute Gasteiger partial charge is 0.392 e. The third-order valence-electron chi connectivity index (χ3n) is 9.15. The molecule has 0 bridgehead atoms. The number of nitrogens with zero attached hydrogens (tertiary/aromatic N) is 1. The van der Waals surface area contributed by atoms with Gasteiger partial charge in [0.2, 0.25) is 5.91 Å². The van der Waals surface area contributed by atoms with Crippen LogP contribution in [0.4, 0.5) is 0 Å². The van der Waals surface area contributed by atoms with Gasteiger partial charge in [0.05, 0.1) is 6.10 Å². The molecular formula is C27H41N3O3. The van der Waals surface area contributed by atoms with E-state index in [4.69, 9.17) is 0 Å². The third-order valence-corrected chi connectivity index (χ3v) is 9.15. The Morgan fingerprint density at radius 2 is 1.73 bits per heavy atom. The van der Waals surface area contributed by atoms with Crippen molar-refractivity contribution < 1.29 is 14.7 Å². The van der Waals surface area contributed by atoms with E-state index in [2.05, 4.69) is 29.5 Å². The summed E-state index contributed by atoms with van der Waals surface area (Å²) in [7, 11) is 0. The van der Waals surface area contributed by atoms with E-state index in [9.17, 15) is 14.7 Å². The van der Waals surface area contributed by atoms with Gasteiger partial charge < -0.3 is 15.7 Å². The molecule has 3 aliphatic rings. The van der Waals surface area contributed by atoms with Crippen LogP contribution >= 0.6 is 0 Å².